The number of carboxylic acid groups (broad SMARTS) is 1. The molecule has 0 bridgehead atoms. The fourth-order valence-electron chi connectivity index (χ4n) is 4.86. The van der Waals surface area contributed by atoms with E-state index in [-0.39, 0.29) is 17.6 Å². The summed E-state index contributed by atoms with van der Waals surface area (Å²) >= 11 is 5.82. The molecule has 2 atom stereocenters. The minimum absolute atomic E-state index is 0.104. The molecule has 5 rings (SSSR count). The van der Waals surface area contributed by atoms with Crippen LogP contribution < -0.4 is 5.32 Å². The molecule has 0 unspecified atom stereocenters. The Morgan fingerprint density at radius 1 is 1.06 bits per heavy atom. The van der Waals surface area contributed by atoms with E-state index in [1.54, 1.807) is 36.8 Å². The van der Waals surface area contributed by atoms with E-state index in [1.807, 2.05) is 43.3 Å². The van der Waals surface area contributed by atoms with Crippen LogP contribution in [0.25, 0.3) is 5.69 Å². The summed E-state index contributed by atoms with van der Waals surface area (Å²) in [4.78, 5) is 22.5. The molecular weight excluding hydrogens is 458 g/mol. The summed E-state index contributed by atoms with van der Waals surface area (Å²) in [6.07, 6.45) is 5.37. The third-order valence-corrected chi connectivity index (χ3v) is 6.79. The maximum Gasteiger partial charge on any atom is 0.335 e. The van der Waals surface area contributed by atoms with Gasteiger partial charge in [-0.05, 0) is 85.7 Å². The van der Waals surface area contributed by atoms with E-state index in [0.717, 1.165) is 33.9 Å². The Bertz CT molecular complexity index is 1390. The Balaban J connectivity index is 1.62. The molecule has 0 spiro atoms. The number of benzene rings is 1. The summed E-state index contributed by atoms with van der Waals surface area (Å²) in [7, 11) is 0. The number of hydrogen-bond acceptors (Lipinski definition) is 4. The van der Waals surface area contributed by atoms with Crippen LogP contribution in [-0.2, 0) is 6.54 Å². The zero-order chi connectivity index (χ0) is 24.5. The molecule has 0 saturated carbocycles. The molecular formula is C27H25N5O2S. The number of hydrogen-bond donors (Lipinski definition) is 2. The Morgan fingerprint density at radius 3 is 2.57 bits per heavy atom. The number of nitrogens with zero attached hydrogens (tertiary/aromatic N) is 4. The van der Waals surface area contributed by atoms with Crippen molar-refractivity contribution in [2.45, 2.75) is 32.5 Å². The molecule has 0 amide bonds. The summed E-state index contributed by atoms with van der Waals surface area (Å²) < 4.78 is 2.10. The number of nitrogens with one attached hydrogen (secondary N) is 1. The minimum atomic E-state index is -0.946. The maximum atomic E-state index is 11.6. The van der Waals surface area contributed by atoms with Crippen molar-refractivity contribution in [2.24, 2.45) is 0 Å². The molecule has 176 valence electrons. The third kappa shape index (κ3) is 4.28. The molecule has 0 aliphatic carbocycles. The number of carbonyl (C=O) groups is 1. The van der Waals surface area contributed by atoms with E-state index >= 15 is 0 Å². The lowest BCUT2D eigenvalue weighted by Crippen LogP contribution is -2.29. The molecule has 1 aromatic carbocycles. The Hall–Kier alpha value is -4.04. The zero-order valence-electron chi connectivity index (χ0n) is 19.4. The Kier molecular flexibility index (Phi) is 6.05. The Morgan fingerprint density at radius 2 is 1.86 bits per heavy atom. The first-order chi connectivity index (χ1) is 16.9. The summed E-state index contributed by atoms with van der Waals surface area (Å²) in [6, 6.07) is 18.8. The summed E-state index contributed by atoms with van der Waals surface area (Å²) in [5.74, 6) is -0.946. The average Bonchev–Trinajstić information content (AvgIpc) is 3.35. The smallest absolute Gasteiger partial charge is 0.335 e. The summed E-state index contributed by atoms with van der Waals surface area (Å²) in [5, 5.41) is 13.7. The van der Waals surface area contributed by atoms with Crippen molar-refractivity contribution in [3.8, 4) is 5.69 Å². The van der Waals surface area contributed by atoms with Gasteiger partial charge in [-0.3, -0.25) is 9.97 Å². The fourth-order valence-corrected chi connectivity index (χ4v) is 5.17. The number of aryl methyl sites for hydroxylation is 1. The van der Waals surface area contributed by atoms with E-state index in [9.17, 15) is 9.90 Å². The van der Waals surface area contributed by atoms with Crippen LogP contribution in [0.2, 0.25) is 0 Å². The standard InChI is InChI=1S/C27H25N5O2S/c1-17-14-22(18(2)32(17)21-7-5-6-20(15-21)26(33)34)25-24(23-8-3-4-11-29-23)30-27(35)31(25)16-19-9-12-28-13-10-19/h3-15,24-25H,16H2,1-2H3,(H,30,35)(H,33,34)/t24-,25-/m1/s1. The van der Waals surface area contributed by atoms with E-state index in [0.29, 0.717) is 11.7 Å². The highest BCUT2D eigenvalue weighted by molar-refractivity contribution is 7.80. The van der Waals surface area contributed by atoms with Crippen LogP contribution in [0.5, 0.6) is 0 Å². The van der Waals surface area contributed by atoms with Crippen LogP contribution >= 0.6 is 12.2 Å². The predicted molar refractivity (Wildman–Crippen MR) is 137 cm³/mol. The van der Waals surface area contributed by atoms with Gasteiger partial charge in [0.1, 0.15) is 0 Å². The third-order valence-electron chi connectivity index (χ3n) is 6.44. The van der Waals surface area contributed by atoms with Crippen LogP contribution in [0.15, 0.2) is 79.3 Å². The van der Waals surface area contributed by atoms with E-state index in [2.05, 4.69) is 37.7 Å². The topological polar surface area (TPSA) is 83.3 Å². The lowest BCUT2D eigenvalue weighted by atomic mass is 9.96. The zero-order valence-corrected chi connectivity index (χ0v) is 20.2. The van der Waals surface area contributed by atoms with Gasteiger partial charge in [0, 0.05) is 42.2 Å². The van der Waals surface area contributed by atoms with Gasteiger partial charge in [0.25, 0.3) is 0 Å². The highest BCUT2D eigenvalue weighted by Gasteiger charge is 2.41. The van der Waals surface area contributed by atoms with Gasteiger partial charge in [-0.25, -0.2) is 4.79 Å². The number of pyridine rings is 2. The largest absolute Gasteiger partial charge is 0.478 e. The molecule has 4 aromatic rings. The normalized spacial score (nSPS) is 17.4. The number of carboxylic acids is 1. The first-order valence-electron chi connectivity index (χ1n) is 11.3. The van der Waals surface area contributed by atoms with Gasteiger partial charge in [-0.2, -0.15) is 0 Å². The second kappa shape index (κ2) is 9.31. The molecule has 3 aromatic heterocycles. The number of rotatable bonds is 6. The quantitative estimate of drug-likeness (QED) is 0.383. The van der Waals surface area contributed by atoms with Crippen molar-refractivity contribution in [3.05, 3.63) is 113 Å². The van der Waals surface area contributed by atoms with Crippen molar-refractivity contribution in [3.63, 3.8) is 0 Å². The van der Waals surface area contributed by atoms with Crippen molar-refractivity contribution in [1.82, 2.24) is 24.8 Å². The molecule has 8 heteroatoms. The fraction of sp³-hybridized carbons (Fsp3) is 0.185. The number of aromatic nitrogens is 3. The second-order valence-corrected chi connectivity index (χ2v) is 9.01. The lowest BCUT2D eigenvalue weighted by molar-refractivity contribution is 0.0697. The lowest BCUT2D eigenvalue weighted by Gasteiger charge is -2.28. The van der Waals surface area contributed by atoms with Crippen molar-refractivity contribution < 1.29 is 9.90 Å². The van der Waals surface area contributed by atoms with Gasteiger partial charge in [-0.15, -0.1) is 0 Å². The molecule has 4 heterocycles. The van der Waals surface area contributed by atoms with Crippen molar-refractivity contribution >= 4 is 23.3 Å². The minimum Gasteiger partial charge on any atom is -0.478 e. The van der Waals surface area contributed by atoms with Gasteiger partial charge in [0.05, 0.1) is 23.3 Å². The van der Waals surface area contributed by atoms with Gasteiger partial charge in [0.2, 0.25) is 0 Å². The first kappa shape index (κ1) is 22.7. The van der Waals surface area contributed by atoms with Crippen molar-refractivity contribution in [2.75, 3.05) is 0 Å². The van der Waals surface area contributed by atoms with Crippen LogP contribution in [-0.4, -0.2) is 35.6 Å². The van der Waals surface area contributed by atoms with Crippen LogP contribution in [0.3, 0.4) is 0 Å². The molecule has 2 N–H and O–H groups in total. The van der Waals surface area contributed by atoms with Crippen LogP contribution in [0, 0.1) is 13.8 Å². The summed E-state index contributed by atoms with van der Waals surface area (Å²) in [6.45, 7) is 4.73. The monoisotopic (exact) mass is 483 g/mol. The number of thiocarbonyl (C=S) groups is 1. The molecule has 1 aliphatic rings. The molecule has 0 radical (unpaired) electrons. The maximum absolute atomic E-state index is 11.6. The van der Waals surface area contributed by atoms with Gasteiger partial charge in [0.15, 0.2) is 5.11 Å². The first-order valence-corrected chi connectivity index (χ1v) is 11.7. The van der Waals surface area contributed by atoms with Crippen LogP contribution in [0.1, 0.15) is 50.7 Å². The van der Waals surface area contributed by atoms with Gasteiger partial charge < -0.3 is 19.9 Å². The van der Waals surface area contributed by atoms with Gasteiger partial charge in [-0.1, -0.05) is 12.1 Å². The predicted octanol–water partition coefficient (Wildman–Crippen LogP) is 4.76. The summed E-state index contributed by atoms with van der Waals surface area (Å²) in [5.41, 5.74) is 6.25. The SMILES string of the molecule is Cc1cc([C@@H]2[C@@H](c3ccccn3)NC(=S)N2Cc2ccncc2)c(C)n1-c1cccc(C(=O)O)c1. The van der Waals surface area contributed by atoms with E-state index < -0.39 is 5.97 Å². The molecule has 7 nitrogen and oxygen atoms in total. The van der Waals surface area contributed by atoms with Gasteiger partial charge >= 0.3 is 5.97 Å². The Labute approximate surface area is 209 Å². The average molecular weight is 484 g/mol. The van der Waals surface area contributed by atoms with E-state index in [4.69, 9.17) is 12.2 Å². The molecule has 1 aliphatic heterocycles. The highest BCUT2D eigenvalue weighted by Crippen LogP contribution is 2.42. The molecule has 1 fully saturated rings. The molecule has 35 heavy (non-hydrogen) atoms. The molecule has 1 saturated heterocycles. The highest BCUT2D eigenvalue weighted by atomic mass is 32.1. The van der Waals surface area contributed by atoms with Crippen LogP contribution in [0.4, 0.5) is 0 Å². The number of aromatic carboxylic acids is 1. The second-order valence-electron chi connectivity index (χ2n) is 8.63. The van der Waals surface area contributed by atoms with E-state index in [1.165, 1.54) is 0 Å². The van der Waals surface area contributed by atoms with Crippen molar-refractivity contribution in [1.29, 1.82) is 0 Å².